The highest BCUT2D eigenvalue weighted by atomic mass is 16.5. The van der Waals surface area contributed by atoms with Crippen molar-refractivity contribution in [3.63, 3.8) is 0 Å². The summed E-state index contributed by atoms with van der Waals surface area (Å²) in [5.41, 5.74) is 1.96. The van der Waals surface area contributed by atoms with Gasteiger partial charge in [-0.2, -0.15) is 0 Å². The smallest absolute Gasteiger partial charge is 0.322 e. The molecule has 2 aliphatic rings. The SMILES string of the molecule is O=C(Nc1ccccc1OCCc1ccccc1)N1CCO[C@@H]2CCCC[C@@H]21. The molecule has 28 heavy (non-hydrogen) atoms. The van der Waals surface area contributed by atoms with Crippen LogP contribution in [0.15, 0.2) is 54.6 Å². The summed E-state index contributed by atoms with van der Waals surface area (Å²) >= 11 is 0. The molecule has 1 saturated carbocycles. The summed E-state index contributed by atoms with van der Waals surface area (Å²) in [6.07, 6.45) is 5.44. The van der Waals surface area contributed by atoms with Crippen LogP contribution in [0.25, 0.3) is 0 Å². The average Bonchev–Trinajstić information content (AvgIpc) is 2.75. The fourth-order valence-electron chi connectivity index (χ4n) is 4.15. The maximum Gasteiger partial charge on any atom is 0.322 e. The molecule has 2 atom stereocenters. The second-order valence-corrected chi connectivity index (χ2v) is 7.46. The van der Waals surface area contributed by atoms with E-state index in [2.05, 4.69) is 17.4 Å². The molecule has 2 amide bonds. The number of fused-ring (bicyclic) bond motifs is 1. The Bertz CT molecular complexity index is 778. The van der Waals surface area contributed by atoms with Gasteiger partial charge in [0.05, 0.1) is 31.0 Å². The fraction of sp³-hybridized carbons (Fsp3) is 0.435. The third-order valence-electron chi connectivity index (χ3n) is 5.61. The minimum absolute atomic E-state index is 0.0562. The predicted octanol–water partition coefficient (Wildman–Crippen LogP) is 4.48. The number of amides is 2. The number of carbonyl (C=O) groups excluding carboxylic acids is 1. The second kappa shape index (κ2) is 9.11. The highest BCUT2D eigenvalue weighted by molar-refractivity contribution is 5.91. The van der Waals surface area contributed by atoms with Crippen molar-refractivity contribution in [1.29, 1.82) is 0 Å². The number of anilines is 1. The van der Waals surface area contributed by atoms with Gasteiger partial charge in [-0.1, -0.05) is 55.3 Å². The first-order valence-electron chi connectivity index (χ1n) is 10.3. The normalized spacial score (nSPS) is 21.6. The first kappa shape index (κ1) is 18.8. The molecule has 0 radical (unpaired) electrons. The molecule has 1 aliphatic carbocycles. The van der Waals surface area contributed by atoms with Crippen molar-refractivity contribution >= 4 is 11.7 Å². The highest BCUT2D eigenvalue weighted by Gasteiger charge is 2.36. The zero-order chi connectivity index (χ0) is 19.2. The molecule has 2 fully saturated rings. The molecule has 5 heteroatoms. The summed E-state index contributed by atoms with van der Waals surface area (Å²) in [4.78, 5) is 14.9. The standard InChI is InChI=1S/C23H28N2O3/c26-23(25-15-17-28-22-13-7-5-11-20(22)25)24-19-10-4-6-12-21(19)27-16-14-18-8-2-1-3-9-18/h1-4,6,8-10,12,20,22H,5,7,11,13-17H2,(H,24,26)/t20-,22+/m0/s1. The molecule has 1 aliphatic heterocycles. The number of nitrogens with zero attached hydrogens (tertiary/aromatic N) is 1. The summed E-state index contributed by atoms with van der Waals surface area (Å²) in [5.74, 6) is 0.709. The largest absolute Gasteiger partial charge is 0.491 e. The zero-order valence-corrected chi connectivity index (χ0v) is 16.2. The van der Waals surface area contributed by atoms with Crippen LogP contribution in [0.2, 0.25) is 0 Å². The number of morpholine rings is 1. The minimum atomic E-state index is -0.0562. The van der Waals surface area contributed by atoms with Crippen molar-refractivity contribution in [3.8, 4) is 5.75 Å². The van der Waals surface area contributed by atoms with Crippen LogP contribution < -0.4 is 10.1 Å². The second-order valence-electron chi connectivity index (χ2n) is 7.46. The van der Waals surface area contributed by atoms with E-state index in [4.69, 9.17) is 9.47 Å². The van der Waals surface area contributed by atoms with E-state index in [1.165, 1.54) is 12.0 Å². The Balaban J connectivity index is 1.38. The molecular weight excluding hydrogens is 352 g/mol. The van der Waals surface area contributed by atoms with Crippen LogP contribution in [0.4, 0.5) is 10.5 Å². The molecule has 2 aromatic carbocycles. The molecule has 4 rings (SSSR count). The molecule has 0 aromatic heterocycles. The molecule has 5 nitrogen and oxygen atoms in total. The van der Waals surface area contributed by atoms with Crippen LogP contribution in [0.5, 0.6) is 5.75 Å². The van der Waals surface area contributed by atoms with Crippen LogP contribution in [0.1, 0.15) is 31.2 Å². The molecule has 0 spiro atoms. The third kappa shape index (κ3) is 4.47. The monoisotopic (exact) mass is 380 g/mol. The van der Waals surface area contributed by atoms with Crippen LogP contribution in [-0.2, 0) is 11.2 Å². The van der Waals surface area contributed by atoms with E-state index >= 15 is 0 Å². The van der Waals surface area contributed by atoms with Crippen LogP contribution >= 0.6 is 0 Å². The van der Waals surface area contributed by atoms with Gasteiger partial charge in [0, 0.05) is 13.0 Å². The van der Waals surface area contributed by atoms with E-state index in [0.29, 0.717) is 25.5 Å². The van der Waals surface area contributed by atoms with Gasteiger partial charge >= 0.3 is 6.03 Å². The zero-order valence-electron chi connectivity index (χ0n) is 16.2. The molecule has 2 aromatic rings. The Labute approximate surface area is 166 Å². The van der Waals surface area contributed by atoms with Crippen LogP contribution in [-0.4, -0.2) is 42.8 Å². The van der Waals surface area contributed by atoms with Crippen molar-refractivity contribution in [2.45, 2.75) is 44.2 Å². The first-order chi connectivity index (χ1) is 13.8. The number of hydrogen-bond acceptors (Lipinski definition) is 3. The Morgan fingerprint density at radius 2 is 1.86 bits per heavy atom. The van der Waals surface area contributed by atoms with Crippen molar-refractivity contribution in [1.82, 2.24) is 4.90 Å². The van der Waals surface area contributed by atoms with Crippen molar-refractivity contribution in [2.24, 2.45) is 0 Å². The minimum Gasteiger partial charge on any atom is -0.491 e. The topological polar surface area (TPSA) is 50.8 Å². The predicted molar refractivity (Wildman–Crippen MR) is 110 cm³/mol. The van der Waals surface area contributed by atoms with Gasteiger partial charge in [-0.15, -0.1) is 0 Å². The molecular formula is C23H28N2O3. The molecule has 1 saturated heterocycles. The Morgan fingerprint density at radius 3 is 2.75 bits per heavy atom. The van der Waals surface area contributed by atoms with E-state index < -0.39 is 0 Å². The number of urea groups is 1. The summed E-state index contributed by atoms with van der Waals surface area (Å²) in [6, 6.07) is 18.0. The first-order valence-corrected chi connectivity index (χ1v) is 10.3. The van der Waals surface area contributed by atoms with Gasteiger partial charge in [0.1, 0.15) is 5.75 Å². The maximum absolute atomic E-state index is 13.0. The van der Waals surface area contributed by atoms with Gasteiger partial charge in [0.2, 0.25) is 0 Å². The number of ether oxygens (including phenoxy) is 2. The van der Waals surface area contributed by atoms with Gasteiger partial charge in [-0.05, 0) is 30.5 Å². The molecule has 1 heterocycles. The summed E-state index contributed by atoms with van der Waals surface area (Å²) in [6.45, 7) is 1.83. The fourth-order valence-corrected chi connectivity index (χ4v) is 4.15. The number of nitrogens with one attached hydrogen (secondary N) is 1. The summed E-state index contributed by atoms with van der Waals surface area (Å²) in [5, 5.41) is 3.07. The maximum atomic E-state index is 13.0. The number of para-hydroxylation sites is 2. The number of carbonyl (C=O) groups is 1. The average molecular weight is 380 g/mol. The number of hydrogen-bond donors (Lipinski definition) is 1. The van der Waals surface area contributed by atoms with E-state index in [1.807, 2.05) is 47.4 Å². The van der Waals surface area contributed by atoms with Crippen molar-refractivity contribution in [3.05, 3.63) is 60.2 Å². The van der Waals surface area contributed by atoms with Gasteiger partial charge < -0.3 is 19.7 Å². The van der Waals surface area contributed by atoms with Gasteiger partial charge in [-0.3, -0.25) is 0 Å². The van der Waals surface area contributed by atoms with Crippen LogP contribution in [0.3, 0.4) is 0 Å². The van der Waals surface area contributed by atoms with Crippen LogP contribution in [0, 0.1) is 0 Å². The highest BCUT2D eigenvalue weighted by Crippen LogP contribution is 2.30. The van der Waals surface area contributed by atoms with E-state index in [9.17, 15) is 4.79 Å². The van der Waals surface area contributed by atoms with Gasteiger partial charge in [-0.25, -0.2) is 4.79 Å². The Hall–Kier alpha value is -2.53. The quantitative estimate of drug-likeness (QED) is 0.832. The molecule has 1 N–H and O–H groups in total. The summed E-state index contributed by atoms with van der Waals surface area (Å²) < 4.78 is 11.9. The molecule has 0 bridgehead atoms. The Kier molecular flexibility index (Phi) is 6.12. The van der Waals surface area contributed by atoms with E-state index in [1.54, 1.807) is 0 Å². The lowest BCUT2D eigenvalue weighted by molar-refractivity contribution is -0.0694. The van der Waals surface area contributed by atoms with Crippen molar-refractivity contribution in [2.75, 3.05) is 25.1 Å². The molecule has 0 unspecified atom stereocenters. The van der Waals surface area contributed by atoms with E-state index in [-0.39, 0.29) is 18.2 Å². The third-order valence-corrected chi connectivity index (χ3v) is 5.61. The van der Waals surface area contributed by atoms with E-state index in [0.717, 1.165) is 31.4 Å². The lowest BCUT2D eigenvalue weighted by Crippen LogP contribution is -2.56. The lowest BCUT2D eigenvalue weighted by atomic mass is 9.90. The van der Waals surface area contributed by atoms with Crippen molar-refractivity contribution < 1.29 is 14.3 Å². The van der Waals surface area contributed by atoms with Gasteiger partial charge in [0.25, 0.3) is 0 Å². The summed E-state index contributed by atoms with van der Waals surface area (Å²) in [7, 11) is 0. The Morgan fingerprint density at radius 1 is 1.07 bits per heavy atom. The van der Waals surface area contributed by atoms with Gasteiger partial charge in [0.15, 0.2) is 0 Å². The molecule has 148 valence electrons. The number of benzene rings is 2. The number of rotatable bonds is 5. The lowest BCUT2D eigenvalue weighted by Gasteiger charge is -2.43.